The number of aliphatic hydroxyl groups excluding tert-OH is 1. The van der Waals surface area contributed by atoms with Gasteiger partial charge >= 0.3 is 6.03 Å². The third-order valence-electron chi connectivity index (χ3n) is 2.66. The van der Waals surface area contributed by atoms with Crippen LogP contribution in [0.15, 0.2) is 18.2 Å². The third kappa shape index (κ3) is 3.51. The number of carbonyl (C=O) groups is 1. The normalized spacial score (nSPS) is 11.8. The molecule has 0 aliphatic carbocycles. The Kier molecular flexibility index (Phi) is 5.25. The lowest BCUT2D eigenvalue weighted by atomic mass is 10.3. The van der Waals surface area contributed by atoms with Crippen LogP contribution in [0.5, 0.6) is 5.75 Å². The fourth-order valence-corrected chi connectivity index (χ4v) is 1.47. The fraction of sp³-hybridized carbons (Fsp3) is 0.417. The number of benzene rings is 1. The van der Waals surface area contributed by atoms with E-state index in [1.54, 1.807) is 39.3 Å². The van der Waals surface area contributed by atoms with Crippen LogP contribution < -0.4 is 10.1 Å². The quantitative estimate of drug-likeness (QED) is 0.883. The number of hydrogen-bond acceptors (Lipinski definition) is 3. The molecule has 0 heterocycles. The van der Waals surface area contributed by atoms with Gasteiger partial charge in [0.15, 0.2) is 0 Å². The molecular weight excluding hydrogens is 256 g/mol. The molecule has 0 saturated heterocycles. The molecule has 1 atom stereocenters. The Balaban J connectivity index is 2.76. The number of urea groups is 1. The monoisotopic (exact) mass is 272 g/mol. The predicted octanol–water partition coefficient (Wildman–Crippen LogP) is 2.19. The van der Waals surface area contributed by atoms with Crippen molar-refractivity contribution in [2.45, 2.75) is 13.0 Å². The van der Waals surface area contributed by atoms with Gasteiger partial charge in [0, 0.05) is 13.1 Å². The van der Waals surface area contributed by atoms with Crippen molar-refractivity contribution in [1.29, 1.82) is 0 Å². The Morgan fingerprint density at radius 3 is 2.78 bits per heavy atom. The van der Waals surface area contributed by atoms with Crippen molar-refractivity contribution in [2.75, 3.05) is 26.1 Å². The Morgan fingerprint density at radius 1 is 1.61 bits per heavy atom. The molecule has 0 aliphatic rings. The number of likely N-dealkylation sites (N-methyl/N-ethyl adjacent to an activating group) is 1. The molecule has 2 amide bonds. The van der Waals surface area contributed by atoms with Gasteiger partial charge in [0.1, 0.15) is 5.75 Å². The van der Waals surface area contributed by atoms with Crippen molar-refractivity contribution in [2.24, 2.45) is 0 Å². The van der Waals surface area contributed by atoms with Crippen LogP contribution in [0.2, 0.25) is 5.02 Å². The van der Waals surface area contributed by atoms with E-state index in [0.717, 1.165) is 0 Å². The zero-order valence-electron chi connectivity index (χ0n) is 10.6. The summed E-state index contributed by atoms with van der Waals surface area (Å²) < 4.78 is 5.02. The SMILES string of the molecule is COc1ccc(NC(=O)N(C)C(C)CO)c(Cl)c1. The molecule has 1 rings (SSSR count). The third-order valence-corrected chi connectivity index (χ3v) is 2.98. The van der Waals surface area contributed by atoms with Crippen LogP contribution in [0, 0.1) is 0 Å². The lowest BCUT2D eigenvalue weighted by Gasteiger charge is -2.23. The highest BCUT2D eigenvalue weighted by Gasteiger charge is 2.15. The van der Waals surface area contributed by atoms with E-state index >= 15 is 0 Å². The summed E-state index contributed by atoms with van der Waals surface area (Å²) in [5.41, 5.74) is 0.499. The average molecular weight is 273 g/mol. The molecule has 0 fully saturated rings. The molecule has 5 nitrogen and oxygen atoms in total. The highest BCUT2D eigenvalue weighted by Crippen LogP contribution is 2.26. The van der Waals surface area contributed by atoms with E-state index in [9.17, 15) is 4.79 Å². The minimum Gasteiger partial charge on any atom is -0.497 e. The van der Waals surface area contributed by atoms with Gasteiger partial charge in [-0.25, -0.2) is 4.79 Å². The first-order valence-electron chi connectivity index (χ1n) is 5.47. The van der Waals surface area contributed by atoms with E-state index in [1.165, 1.54) is 4.90 Å². The lowest BCUT2D eigenvalue weighted by molar-refractivity contribution is 0.166. The number of nitrogens with zero attached hydrogens (tertiary/aromatic N) is 1. The molecule has 1 aromatic rings. The molecule has 0 bridgehead atoms. The number of hydrogen-bond donors (Lipinski definition) is 2. The van der Waals surface area contributed by atoms with Crippen molar-refractivity contribution in [3.63, 3.8) is 0 Å². The highest BCUT2D eigenvalue weighted by molar-refractivity contribution is 6.33. The van der Waals surface area contributed by atoms with Gasteiger partial charge < -0.3 is 20.1 Å². The maximum Gasteiger partial charge on any atom is 0.321 e. The molecule has 18 heavy (non-hydrogen) atoms. The second-order valence-corrected chi connectivity index (χ2v) is 4.33. The maximum absolute atomic E-state index is 11.8. The fourth-order valence-electron chi connectivity index (χ4n) is 1.25. The summed E-state index contributed by atoms with van der Waals surface area (Å²) in [4.78, 5) is 13.2. The van der Waals surface area contributed by atoms with Gasteiger partial charge in [0.05, 0.1) is 30.5 Å². The van der Waals surface area contributed by atoms with E-state index in [-0.39, 0.29) is 18.7 Å². The average Bonchev–Trinajstić information content (AvgIpc) is 2.38. The number of amides is 2. The second kappa shape index (κ2) is 6.47. The summed E-state index contributed by atoms with van der Waals surface area (Å²) in [6, 6.07) is 4.39. The van der Waals surface area contributed by atoms with Crippen molar-refractivity contribution in [3.8, 4) is 5.75 Å². The number of anilines is 1. The Hall–Kier alpha value is -1.46. The zero-order valence-corrected chi connectivity index (χ0v) is 11.4. The summed E-state index contributed by atoms with van der Waals surface area (Å²) in [5, 5.41) is 12.0. The molecule has 2 N–H and O–H groups in total. The van der Waals surface area contributed by atoms with Crippen LogP contribution in [0.3, 0.4) is 0 Å². The van der Waals surface area contributed by atoms with Crippen molar-refractivity contribution < 1.29 is 14.6 Å². The van der Waals surface area contributed by atoms with Crippen LogP contribution in [-0.2, 0) is 0 Å². The van der Waals surface area contributed by atoms with Gasteiger partial charge in [0.25, 0.3) is 0 Å². The van der Waals surface area contributed by atoms with Crippen LogP contribution in [0.25, 0.3) is 0 Å². The molecule has 0 aliphatic heterocycles. The van der Waals surface area contributed by atoms with Crippen LogP contribution in [0.1, 0.15) is 6.92 Å². The summed E-state index contributed by atoms with van der Waals surface area (Å²) in [7, 11) is 3.15. The smallest absolute Gasteiger partial charge is 0.321 e. The standard InChI is InChI=1S/C12H17ClN2O3/c1-8(7-16)15(2)12(17)14-11-5-4-9(18-3)6-10(11)13/h4-6,8,16H,7H2,1-3H3,(H,14,17). The maximum atomic E-state index is 11.8. The number of carbonyl (C=O) groups excluding carboxylic acids is 1. The first kappa shape index (κ1) is 14.6. The Labute approximate surface area is 111 Å². The van der Waals surface area contributed by atoms with Gasteiger partial charge in [-0.05, 0) is 19.1 Å². The van der Waals surface area contributed by atoms with Crippen LogP contribution in [0.4, 0.5) is 10.5 Å². The van der Waals surface area contributed by atoms with E-state index in [2.05, 4.69) is 5.32 Å². The molecular formula is C12H17ClN2O3. The number of aliphatic hydroxyl groups is 1. The van der Waals surface area contributed by atoms with Gasteiger partial charge in [0.2, 0.25) is 0 Å². The molecule has 0 saturated carbocycles. The van der Waals surface area contributed by atoms with Crippen molar-refractivity contribution >= 4 is 23.3 Å². The topological polar surface area (TPSA) is 61.8 Å². The molecule has 0 aromatic heterocycles. The second-order valence-electron chi connectivity index (χ2n) is 3.92. The van der Waals surface area contributed by atoms with Crippen LogP contribution >= 0.6 is 11.6 Å². The van der Waals surface area contributed by atoms with Gasteiger partial charge in [-0.15, -0.1) is 0 Å². The predicted molar refractivity (Wildman–Crippen MR) is 71.3 cm³/mol. The van der Waals surface area contributed by atoms with Crippen molar-refractivity contribution in [1.82, 2.24) is 4.90 Å². The van der Waals surface area contributed by atoms with E-state index in [0.29, 0.717) is 16.5 Å². The zero-order chi connectivity index (χ0) is 13.7. The summed E-state index contributed by atoms with van der Waals surface area (Å²) in [5.74, 6) is 0.620. The summed E-state index contributed by atoms with van der Waals surface area (Å²) in [6.07, 6.45) is 0. The molecule has 1 aromatic carbocycles. The molecule has 1 unspecified atom stereocenters. The van der Waals surface area contributed by atoms with E-state index in [4.69, 9.17) is 21.4 Å². The van der Waals surface area contributed by atoms with Gasteiger partial charge in [-0.3, -0.25) is 0 Å². The number of halogens is 1. The number of nitrogens with one attached hydrogen (secondary N) is 1. The van der Waals surface area contributed by atoms with E-state index in [1.807, 2.05) is 0 Å². The molecule has 6 heteroatoms. The Bertz CT molecular complexity index is 426. The minimum atomic E-state index is -0.330. The Morgan fingerprint density at radius 2 is 2.28 bits per heavy atom. The molecule has 0 spiro atoms. The summed E-state index contributed by atoms with van der Waals surface area (Å²) >= 11 is 6.01. The molecule has 100 valence electrons. The summed E-state index contributed by atoms with van der Waals surface area (Å²) in [6.45, 7) is 1.65. The lowest BCUT2D eigenvalue weighted by Crippen LogP contribution is -2.40. The first-order valence-corrected chi connectivity index (χ1v) is 5.85. The molecule has 0 radical (unpaired) electrons. The minimum absolute atomic E-state index is 0.0970. The van der Waals surface area contributed by atoms with Gasteiger partial charge in [-0.2, -0.15) is 0 Å². The number of ether oxygens (including phenoxy) is 1. The van der Waals surface area contributed by atoms with Gasteiger partial charge in [-0.1, -0.05) is 11.6 Å². The number of rotatable bonds is 4. The van der Waals surface area contributed by atoms with E-state index < -0.39 is 0 Å². The first-order chi connectivity index (χ1) is 8.49. The van der Waals surface area contributed by atoms with Crippen molar-refractivity contribution in [3.05, 3.63) is 23.2 Å². The van der Waals surface area contributed by atoms with Crippen LogP contribution in [-0.4, -0.2) is 42.8 Å². The number of methoxy groups -OCH3 is 1. The largest absolute Gasteiger partial charge is 0.497 e. The highest BCUT2D eigenvalue weighted by atomic mass is 35.5.